The average Bonchev–Trinajstić information content (AvgIpc) is 1.82. The van der Waals surface area contributed by atoms with E-state index in [1.165, 1.54) is 134 Å². The predicted octanol–water partition coefficient (Wildman–Crippen LogP) is 16.4. The molecule has 0 atom stereocenters. The van der Waals surface area contributed by atoms with Gasteiger partial charge in [0.05, 0.1) is 44.1 Å². The van der Waals surface area contributed by atoms with Crippen molar-refractivity contribution < 1.29 is 0 Å². The van der Waals surface area contributed by atoms with E-state index in [1.54, 1.807) is 0 Å². The number of fused-ring (bicyclic) bond motifs is 3. The zero-order valence-corrected chi connectivity index (χ0v) is 48.1. The van der Waals surface area contributed by atoms with Gasteiger partial charge in [-0.05, 0) is 155 Å². The molecule has 0 aliphatic carbocycles. The Bertz CT molecular complexity index is 5710. The van der Waals surface area contributed by atoms with Crippen LogP contribution in [0.3, 0.4) is 0 Å². The highest BCUT2D eigenvalue weighted by Crippen LogP contribution is 2.43. The van der Waals surface area contributed by atoms with Crippen LogP contribution in [0.15, 0.2) is 279 Å². The molecule has 0 bridgehead atoms. The molecule has 0 aliphatic rings. The van der Waals surface area contributed by atoms with E-state index in [-0.39, 0.29) is 0 Å². The molecular weight excluding hydrogens is 1060 g/mol. The van der Waals surface area contributed by atoms with Crippen LogP contribution in [0.1, 0.15) is 6.92 Å². The Morgan fingerprint density at radius 1 is 0.256 bits per heavy atom. The van der Waals surface area contributed by atoms with Gasteiger partial charge in [-0.25, -0.2) is 0 Å². The van der Waals surface area contributed by atoms with Crippen LogP contribution >= 0.6 is 0 Å². The third kappa shape index (κ3) is 6.26. The Morgan fingerprint density at radius 3 is 0.849 bits per heavy atom. The Morgan fingerprint density at radius 2 is 0.535 bits per heavy atom. The van der Waals surface area contributed by atoms with Gasteiger partial charge in [-0.2, -0.15) is 0 Å². The monoisotopic (exact) mass is 1110 g/mol. The normalized spacial score (nSPS) is 12.8. The second-order valence-corrected chi connectivity index (χ2v) is 27.4. The largest absolute Gasteiger partial charge is 0.309 e. The van der Waals surface area contributed by atoms with Crippen molar-refractivity contribution >= 4 is 161 Å². The number of hydrogen-bond acceptors (Lipinski definition) is 0. The molecule has 400 valence electrons. The second-order valence-electron chi connectivity index (χ2n) is 23.6. The first-order chi connectivity index (χ1) is 42.5. The number of hydrogen-bond donors (Lipinski definition) is 0. The highest BCUT2D eigenvalue weighted by molar-refractivity contribution is 7.20. The number of rotatable bonds is 8. The zero-order chi connectivity index (χ0) is 56.5. The van der Waals surface area contributed by atoms with Crippen molar-refractivity contribution in [3.63, 3.8) is 0 Å². The predicted molar refractivity (Wildman–Crippen MR) is 368 cm³/mol. The third-order valence-corrected chi connectivity index (χ3v) is 24.0. The first kappa shape index (κ1) is 47.5. The Hall–Kier alpha value is -11.0. The van der Waals surface area contributed by atoms with Gasteiger partial charge in [0, 0.05) is 65.8 Å². The molecule has 15 aromatic carbocycles. The molecule has 0 fully saturated rings. The summed E-state index contributed by atoms with van der Waals surface area (Å²) in [4.78, 5) is 0. The summed E-state index contributed by atoms with van der Waals surface area (Å²) in [6, 6.07) is 106. The molecule has 0 saturated heterocycles. The fraction of sp³-hybridized carbons (Fsp3) is 0.0123. The van der Waals surface area contributed by atoms with Crippen molar-refractivity contribution in [1.29, 1.82) is 0 Å². The minimum absolute atomic E-state index is 1.01. The van der Waals surface area contributed by atoms with Crippen LogP contribution in [-0.2, 0) is 0 Å². The van der Waals surface area contributed by atoms with Gasteiger partial charge in [0.25, 0.3) is 0 Å². The molecule has 0 unspecified atom stereocenters. The minimum atomic E-state index is -3.58. The van der Waals surface area contributed by atoms with Gasteiger partial charge < -0.3 is 18.3 Å². The molecule has 4 heterocycles. The van der Waals surface area contributed by atoms with E-state index in [0.717, 1.165) is 39.0 Å². The van der Waals surface area contributed by atoms with Crippen molar-refractivity contribution in [2.45, 2.75) is 6.92 Å². The van der Waals surface area contributed by atoms with E-state index < -0.39 is 8.07 Å². The highest BCUT2D eigenvalue weighted by Gasteiger charge is 2.43. The average molecular weight is 1110 g/mol. The molecule has 0 N–H and O–H groups in total. The maximum atomic E-state index is 4.72. The third-order valence-electron chi connectivity index (χ3n) is 19.3. The maximum absolute atomic E-state index is 4.72. The van der Waals surface area contributed by atoms with Crippen LogP contribution in [-0.4, -0.2) is 26.3 Å². The van der Waals surface area contributed by atoms with Gasteiger partial charge in [-0.15, -0.1) is 0 Å². The molecule has 0 aliphatic heterocycles. The molecule has 5 heteroatoms. The number of nitrogens with zero attached hydrogens (tertiary/aromatic N) is 4. The molecule has 4 nitrogen and oxygen atoms in total. The van der Waals surface area contributed by atoms with E-state index in [4.69, 9.17) is 6.58 Å². The van der Waals surface area contributed by atoms with Crippen LogP contribution in [0.25, 0.3) is 155 Å². The van der Waals surface area contributed by atoms with Crippen LogP contribution in [0.4, 0.5) is 0 Å². The summed E-state index contributed by atoms with van der Waals surface area (Å²) in [6.07, 6.45) is 2.25. The summed E-state index contributed by atoms with van der Waals surface area (Å²) in [5, 5.41) is 24.9. The first-order valence-corrected chi connectivity index (χ1v) is 31.9. The van der Waals surface area contributed by atoms with Crippen LogP contribution < -0.4 is 31.2 Å². The zero-order valence-electron chi connectivity index (χ0n) is 47.1. The molecule has 19 aromatic rings. The number of aromatic nitrogens is 4. The standard InChI is InChI=1S/C81H52N4Si/c1-3-51-19-11-31-67-75(51)74-50(2)18-10-30-66(74)82(67)58-44-59(83-68-32-12-20-52-38-39-53-21-13-33-69(83)77(53)76(52)68)47-64(46-58)86(62-26-6-4-7-27-62,63-28-8-5-9-29-63)65-48-60(84-70-34-14-22-54-40-41-55-23-15-35-71(84)79(55)78(54)70)45-61(49-65)85-72-36-16-24-56-42-43-57-25-17-37-73(85)81(57)80(56)72/h3-49H,2H2,1H3/b51-3-. The SMILES string of the molecule is C=c1cccc2c1c1/c(=C\C)cccc1n2-c1cc(-n2c3cccc4ccc5cccc2c5c43)cc([Si](c2ccccc2)(c2ccccc2)c2cc(-n3c4cccc5ccc6cccc3c6c54)cc(-n3c4cccc5ccc6cccc3c6c54)c2)c1. The second kappa shape index (κ2) is 17.5. The smallest absolute Gasteiger partial charge is 0.179 e. The topological polar surface area (TPSA) is 19.7 Å². The summed E-state index contributed by atoms with van der Waals surface area (Å²) in [5.41, 5.74) is 13.9. The van der Waals surface area contributed by atoms with Crippen LogP contribution in [0, 0.1) is 0 Å². The summed E-state index contributed by atoms with van der Waals surface area (Å²) in [6.45, 7) is 6.88. The Labute approximate surface area is 495 Å². The Balaban J connectivity index is 1.02. The van der Waals surface area contributed by atoms with E-state index in [1.807, 2.05) is 0 Å². The lowest BCUT2D eigenvalue weighted by Gasteiger charge is -2.36. The van der Waals surface area contributed by atoms with Crippen molar-refractivity contribution in [2.75, 3.05) is 0 Å². The Kier molecular flexibility index (Phi) is 9.68. The molecular formula is C81H52N4Si. The van der Waals surface area contributed by atoms with Crippen LogP contribution in [0.2, 0.25) is 0 Å². The molecule has 0 radical (unpaired) electrons. The highest BCUT2D eigenvalue weighted by atomic mass is 28.3. The van der Waals surface area contributed by atoms with Gasteiger partial charge in [0.15, 0.2) is 8.07 Å². The fourth-order valence-electron chi connectivity index (χ4n) is 15.9. The van der Waals surface area contributed by atoms with Gasteiger partial charge in [-0.1, -0.05) is 207 Å². The van der Waals surface area contributed by atoms with E-state index >= 15 is 0 Å². The molecule has 0 spiro atoms. The lowest BCUT2D eigenvalue weighted by atomic mass is 10.0. The molecule has 0 amide bonds. The summed E-state index contributed by atoms with van der Waals surface area (Å²) in [5.74, 6) is 0. The summed E-state index contributed by atoms with van der Waals surface area (Å²) >= 11 is 0. The van der Waals surface area contributed by atoms with Crippen LogP contribution in [0.5, 0.6) is 0 Å². The molecule has 86 heavy (non-hydrogen) atoms. The molecule has 0 saturated carbocycles. The minimum Gasteiger partial charge on any atom is -0.309 e. The maximum Gasteiger partial charge on any atom is 0.179 e. The molecule has 4 aromatic heterocycles. The van der Waals surface area contributed by atoms with Gasteiger partial charge >= 0.3 is 0 Å². The lowest BCUT2D eigenvalue weighted by Crippen LogP contribution is -2.75. The molecule has 19 rings (SSSR count). The number of benzene rings is 15. The fourth-order valence-corrected chi connectivity index (χ4v) is 20.8. The lowest BCUT2D eigenvalue weighted by molar-refractivity contribution is 1.14. The van der Waals surface area contributed by atoms with Crippen molar-refractivity contribution in [3.8, 4) is 22.7 Å². The van der Waals surface area contributed by atoms with E-state index in [0.29, 0.717) is 0 Å². The summed E-state index contributed by atoms with van der Waals surface area (Å²) < 4.78 is 10.2. The van der Waals surface area contributed by atoms with Gasteiger partial charge in [0.1, 0.15) is 0 Å². The summed E-state index contributed by atoms with van der Waals surface area (Å²) in [7, 11) is -3.58. The van der Waals surface area contributed by atoms with E-state index in [2.05, 4.69) is 310 Å². The van der Waals surface area contributed by atoms with Crippen molar-refractivity contribution in [2.24, 2.45) is 0 Å². The van der Waals surface area contributed by atoms with Gasteiger partial charge in [-0.3, -0.25) is 0 Å². The first-order valence-electron chi connectivity index (χ1n) is 29.9. The van der Waals surface area contributed by atoms with Gasteiger partial charge in [0.2, 0.25) is 0 Å². The van der Waals surface area contributed by atoms with Crippen molar-refractivity contribution in [1.82, 2.24) is 18.3 Å². The quantitative estimate of drug-likeness (QED) is 0.0821. The van der Waals surface area contributed by atoms with Crippen molar-refractivity contribution in [3.05, 3.63) is 289 Å². The van der Waals surface area contributed by atoms with E-state index in [9.17, 15) is 0 Å².